The Balaban J connectivity index is 1.99. The van der Waals surface area contributed by atoms with Gasteiger partial charge in [0.15, 0.2) is 0 Å². The Morgan fingerprint density at radius 1 is 1.15 bits per heavy atom. The highest BCUT2D eigenvalue weighted by atomic mass is 32.2. The van der Waals surface area contributed by atoms with Crippen LogP contribution in [0.2, 0.25) is 0 Å². The first-order valence-electron chi connectivity index (χ1n) is 8.60. The summed E-state index contributed by atoms with van der Waals surface area (Å²) in [7, 11) is -3.50. The number of benzene rings is 1. The quantitative estimate of drug-likeness (QED) is 0.745. The average molecular weight is 396 g/mol. The maximum atomic E-state index is 12.5. The molecule has 0 fully saturated rings. The van der Waals surface area contributed by atoms with Crippen LogP contribution in [0.3, 0.4) is 0 Å². The Morgan fingerprint density at radius 2 is 1.77 bits per heavy atom. The van der Waals surface area contributed by atoms with Crippen LogP contribution in [0.25, 0.3) is 0 Å². The SMILES string of the molecule is CCN(CC)S(=O)(=O)c1ccc(C(=O)NCCc2sc(C)nc2C)cc1. The van der Waals surface area contributed by atoms with Crippen molar-refractivity contribution < 1.29 is 13.2 Å². The lowest BCUT2D eigenvalue weighted by atomic mass is 10.2. The maximum absolute atomic E-state index is 12.5. The average Bonchev–Trinajstić information content (AvgIpc) is 2.93. The van der Waals surface area contributed by atoms with Crippen molar-refractivity contribution in [3.63, 3.8) is 0 Å². The topological polar surface area (TPSA) is 79.4 Å². The van der Waals surface area contributed by atoms with Crippen LogP contribution < -0.4 is 5.32 Å². The molecule has 142 valence electrons. The summed E-state index contributed by atoms with van der Waals surface area (Å²) in [6, 6.07) is 6.07. The number of hydrogen-bond acceptors (Lipinski definition) is 5. The summed E-state index contributed by atoms with van der Waals surface area (Å²) >= 11 is 1.64. The van der Waals surface area contributed by atoms with Crippen LogP contribution in [0, 0.1) is 13.8 Å². The third kappa shape index (κ3) is 4.69. The van der Waals surface area contributed by atoms with Gasteiger partial charge in [0.1, 0.15) is 0 Å². The predicted octanol–water partition coefficient (Wildman–Crippen LogP) is 2.76. The Morgan fingerprint density at radius 3 is 2.27 bits per heavy atom. The molecular formula is C18H25N3O3S2. The van der Waals surface area contributed by atoms with Crippen molar-refractivity contribution in [2.75, 3.05) is 19.6 Å². The number of aromatic nitrogens is 1. The van der Waals surface area contributed by atoms with Crippen LogP contribution in [0.4, 0.5) is 0 Å². The standard InChI is InChI=1S/C18H25N3O3S2/c1-5-21(6-2)26(23,24)16-9-7-15(8-10-16)18(22)19-12-11-17-13(3)20-14(4)25-17/h7-10H,5-6,11-12H2,1-4H3,(H,19,22). The van der Waals surface area contributed by atoms with E-state index in [1.165, 1.54) is 21.3 Å². The lowest BCUT2D eigenvalue weighted by Crippen LogP contribution is -2.30. The van der Waals surface area contributed by atoms with Crippen molar-refractivity contribution in [2.45, 2.75) is 39.0 Å². The van der Waals surface area contributed by atoms with Gasteiger partial charge in [0.05, 0.1) is 15.6 Å². The molecule has 1 heterocycles. The molecule has 6 nitrogen and oxygen atoms in total. The second-order valence-electron chi connectivity index (χ2n) is 5.86. The minimum atomic E-state index is -3.50. The van der Waals surface area contributed by atoms with Gasteiger partial charge in [0.2, 0.25) is 10.0 Å². The highest BCUT2D eigenvalue weighted by Crippen LogP contribution is 2.18. The van der Waals surface area contributed by atoms with Gasteiger partial charge < -0.3 is 5.32 Å². The molecular weight excluding hydrogens is 370 g/mol. The van der Waals surface area contributed by atoms with E-state index in [1.807, 2.05) is 13.8 Å². The summed E-state index contributed by atoms with van der Waals surface area (Å²) in [6.45, 7) is 8.88. The molecule has 0 aliphatic heterocycles. The fourth-order valence-electron chi connectivity index (χ4n) is 2.69. The van der Waals surface area contributed by atoms with Crippen molar-refractivity contribution >= 4 is 27.3 Å². The van der Waals surface area contributed by atoms with E-state index < -0.39 is 10.0 Å². The van der Waals surface area contributed by atoms with Crippen LogP contribution in [-0.2, 0) is 16.4 Å². The molecule has 1 aromatic carbocycles. The number of amides is 1. The van der Waals surface area contributed by atoms with Crippen LogP contribution in [0.5, 0.6) is 0 Å². The molecule has 0 aliphatic rings. The molecule has 0 unspecified atom stereocenters. The first-order chi connectivity index (χ1) is 12.3. The molecule has 0 bridgehead atoms. The van der Waals surface area contributed by atoms with Crippen molar-refractivity contribution in [2.24, 2.45) is 0 Å². The van der Waals surface area contributed by atoms with Gasteiger partial charge in [0.25, 0.3) is 5.91 Å². The van der Waals surface area contributed by atoms with E-state index in [9.17, 15) is 13.2 Å². The molecule has 0 radical (unpaired) electrons. The molecule has 1 N–H and O–H groups in total. The summed E-state index contributed by atoms with van der Waals surface area (Å²) in [6.07, 6.45) is 0.734. The number of nitrogens with one attached hydrogen (secondary N) is 1. The number of carbonyl (C=O) groups is 1. The van der Waals surface area contributed by atoms with E-state index in [1.54, 1.807) is 37.3 Å². The molecule has 1 aromatic heterocycles. The first kappa shape index (κ1) is 20.5. The smallest absolute Gasteiger partial charge is 0.251 e. The molecule has 8 heteroatoms. The number of rotatable bonds is 8. The van der Waals surface area contributed by atoms with Crippen molar-refractivity contribution in [1.29, 1.82) is 0 Å². The minimum absolute atomic E-state index is 0.202. The van der Waals surface area contributed by atoms with Gasteiger partial charge in [-0.1, -0.05) is 13.8 Å². The van der Waals surface area contributed by atoms with E-state index in [2.05, 4.69) is 10.3 Å². The van der Waals surface area contributed by atoms with Crippen LogP contribution in [0.15, 0.2) is 29.2 Å². The van der Waals surface area contributed by atoms with E-state index in [0.717, 1.165) is 17.1 Å². The molecule has 1 amide bonds. The fourth-order valence-corrected chi connectivity index (χ4v) is 5.08. The zero-order valence-corrected chi connectivity index (χ0v) is 17.2. The third-order valence-electron chi connectivity index (χ3n) is 4.10. The largest absolute Gasteiger partial charge is 0.352 e. The number of thiazole rings is 1. The molecule has 0 saturated heterocycles. The van der Waals surface area contributed by atoms with Gasteiger partial charge in [-0.05, 0) is 38.1 Å². The highest BCUT2D eigenvalue weighted by molar-refractivity contribution is 7.89. The molecule has 0 spiro atoms. The number of hydrogen-bond donors (Lipinski definition) is 1. The van der Waals surface area contributed by atoms with Gasteiger partial charge in [-0.2, -0.15) is 4.31 Å². The van der Waals surface area contributed by atoms with Crippen molar-refractivity contribution in [3.8, 4) is 0 Å². The Kier molecular flexibility index (Phi) is 6.91. The Bertz CT molecular complexity index is 854. The minimum Gasteiger partial charge on any atom is -0.352 e. The van der Waals surface area contributed by atoms with Crippen LogP contribution in [-0.4, -0.2) is 43.2 Å². The van der Waals surface area contributed by atoms with Crippen LogP contribution in [0.1, 0.15) is 39.8 Å². The number of nitrogens with zero attached hydrogens (tertiary/aromatic N) is 2. The van der Waals surface area contributed by atoms with Gasteiger partial charge in [0, 0.05) is 36.5 Å². The summed E-state index contributed by atoms with van der Waals surface area (Å²) in [4.78, 5) is 18.0. The summed E-state index contributed by atoms with van der Waals surface area (Å²) in [5.41, 5.74) is 1.45. The second kappa shape index (κ2) is 8.75. The normalized spacial score (nSPS) is 11.7. The van der Waals surface area contributed by atoms with Gasteiger partial charge in [-0.3, -0.25) is 4.79 Å². The number of sulfonamides is 1. The first-order valence-corrected chi connectivity index (χ1v) is 10.9. The predicted molar refractivity (Wildman–Crippen MR) is 104 cm³/mol. The zero-order valence-electron chi connectivity index (χ0n) is 15.6. The molecule has 26 heavy (non-hydrogen) atoms. The molecule has 0 aliphatic carbocycles. The van der Waals surface area contributed by atoms with Crippen molar-refractivity contribution in [1.82, 2.24) is 14.6 Å². The molecule has 2 rings (SSSR count). The lowest BCUT2D eigenvalue weighted by molar-refractivity contribution is 0.0954. The van der Waals surface area contributed by atoms with Crippen LogP contribution >= 0.6 is 11.3 Å². The maximum Gasteiger partial charge on any atom is 0.251 e. The molecule has 0 atom stereocenters. The summed E-state index contributed by atoms with van der Waals surface area (Å²) in [5.74, 6) is -0.212. The summed E-state index contributed by atoms with van der Waals surface area (Å²) in [5, 5.41) is 3.89. The Hall–Kier alpha value is -1.77. The zero-order chi connectivity index (χ0) is 19.3. The number of aryl methyl sites for hydroxylation is 2. The van der Waals surface area contributed by atoms with Gasteiger partial charge in [-0.25, -0.2) is 13.4 Å². The second-order valence-corrected chi connectivity index (χ2v) is 9.09. The van der Waals surface area contributed by atoms with E-state index in [-0.39, 0.29) is 10.8 Å². The third-order valence-corrected chi connectivity index (χ3v) is 7.29. The lowest BCUT2D eigenvalue weighted by Gasteiger charge is -2.18. The van der Waals surface area contributed by atoms with E-state index in [0.29, 0.717) is 25.2 Å². The van der Waals surface area contributed by atoms with Gasteiger partial charge >= 0.3 is 0 Å². The number of carbonyl (C=O) groups excluding carboxylic acids is 1. The van der Waals surface area contributed by atoms with Gasteiger partial charge in [-0.15, -0.1) is 11.3 Å². The fraction of sp³-hybridized carbons (Fsp3) is 0.444. The van der Waals surface area contributed by atoms with E-state index >= 15 is 0 Å². The Labute approximate surface area is 159 Å². The monoisotopic (exact) mass is 395 g/mol. The summed E-state index contributed by atoms with van der Waals surface area (Å²) < 4.78 is 26.3. The molecule has 2 aromatic rings. The van der Waals surface area contributed by atoms with E-state index in [4.69, 9.17) is 0 Å². The van der Waals surface area contributed by atoms with Crippen molar-refractivity contribution in [3.05, 3.63) is 45.4 Å². The highest BCUT2D eigenvalue weighted by Gasteiger charge is 2.21. The molecule has 0 saturated carbocycles.